The number of hydrogen-bond acceptors (Lipinski definition) is 10. The maximum Gasteiger partial charge on any atom is 0.509 e. The van der Waals surface area contributed by atoms with Crippen molar-refractivity contribution in [2.75, 3.05) is 25.4 Å². The number of carbonyl (C=O) groups is 7. The molecule has 3 N–H and O–H groups in total. The number of cyclic esters (lactones) is 2. The van der Waals surface area contributed by atoms with Gasteiger partial charge in [-0.1, -0.05) is 25.6 Å². The molecule has 0 bridgehead atoms. The molecule has 0 aliphatic carbocycles. The third kappa shape index (κ3) is 10.3. The first-order chi connectivity index (χ1) is 15.8. The normalized spacial score (nSPS) is 17.5. The monoisotopic (exact) mass is 502 g/mol. The molecule has 1 rings (SSSR count). The lowest BCUT2D eigenvalue weighted by atomic mass is 9.86. The first-order valence-electron chi connectivity index (χ1n) is 10.6. The SMILES string of the molecule is CC(C(=O)CCC(=O)O)C(=O)CC(=O)SCCNC(=O)CCNC(=O)[C@@H]1OC(=O)OCC1(C)C. The molecule has 0 saturated carbocycles. The van der Waals surface area contributed by atoms with E-state index in [1.807, 2.05) is 0 Å². The number of ether oxygens (including phenoxy) is 2. The summed E-state index contributed by atoms with van der Waals surface area (Å²) in [6, 6.07) is 0. The molecule has 0 radical (unpaired) electrons. The molecule has 0 aromatic carbocycles. The highest BCUT2D eigenvalue weighted by atomic mass is 32.2. The predicted molar refractivity (Wildman–Crippen MR) is 119 cm³/mol. The van der Waals surface area contributed by atoms with Crippen LogP contribution in [-0.2, 0) is 38.2 Å². The summed E-state index contributed by atoms with van der Waals surface area (Å²) in [6.45, 7) is 4.96. The van der Waals surface area contributed by atoms with Gasteiger partial charge in [-0.25, -0.2) is 4.79 Å². The maximum atomic E-state index is 12.2. The summed E-state index contributed by atoms with van der Waals surface area (Å²) in [5, 5.41) is 13.2. The number of carbonyl (C=O) groups excluding carboxylic acids is 6. The van der Waals surface area contributed by atoms with Gasteiger partial charge in [0.2, 0.25) is 5.91 Å². The number of hydrogen-bond donors (Lipinski definition) is 3. The van der Waals surface area contributed by atoms with E-state index in [1.165, 1.54) is 6.92 Å². The van der Waals surface area contributed by atoms with E-state index in [1.54, 1.807) is 13.8 Å². The molecule has 190 valence electrons. The predicted octanol–water partition coefficient (Wildman–Crippen LogP) is 0.460. The number of thioether (sulfide) groups is 1. The lowest BCUT2D eigenvalue weighted by molar-refractivity contribution is -0.149. The van der Waals surface area contributed by atoms with Crippen LogP contribution in [0, 0.1) is 11.3 Å². The number of Topliss-reactive ketones (excluding diaryl/α,β-unsaturated/α-hetero) is 2. The van der Waals surface area contributed by atoms with Crippen molar-refractivity contribution in [1.82, 2.24) is 10.6 Å². The Balaban J connectivity index is 2.22. The Labute approximate surface area is 200 Å². The molecule has 1 unspecified atom stereocenters. The van der Waals surface area contributed by atoms with E-state index in [0.717, 1.165) is 11.8 Å². The topological polar surface area (TPSA) is 182 Å². The Morgan fingerprint density at radius 2 is 1.74 bits per heavy atom. The van der Waals surface area contributed by atoms with Crippen LogP contribution in [0.5, 0.6) is 0 Å². The Kier molecular flexibility index (Phi) is 11.7. The van der Waals surface area contributed by atoms with Gasteiger partial charge in [0.05, 0.1) is 18.8 Å². The average Bonchev–Trinajstić information content (AvgIpc) is 2.75. The Hall–Kier alpha value is -2.96. The highest BCUT2D eigenvalue weighted by Crippen LogP contribution is 2.28. The minimum Gasteiger partial charge on any atom is -0.481 e. The molecule has 1 fully saturated rings. The van der Waals surface area contributed by atoms with Crippen LogP contribution >= 0.6 is 11.8 Å². The standard InChI is InChI=1S/C21H30N2O10S/c1-12(13(24)4-5-16(27)28)14(25)10-17(29)34-9-8-22-15(26)6-7-23-19(30)18-21(2,3)11-32-20(31)33-18/h12,18H,4-11H2,1-3H3,(H,22,26)(H,23,30)(H,27,28)/t12?,18-/m0/s1. The minimum atomic E-state index is -1.14. The lowest BCUT2D eigenvalue weighted by Crippen LogP contribution is -2.52. The van der Waals surface area contributed by atoms with Crippen molar-refractivity contribution < 1.29 is 48.1 Å². The van der Waals surface area contributed by atoms with Crippen molar-refractivity contribution in [3.05, 3.63) is 0 Å². The van der Waals surface area contributed by atoms with Gasteiger partial charge in [0.15, 0.2) is 17.0 Å². The fourth-order valence-electron chi connectivity index (χ4n) is 2.83. The van der Waals surface area contributed by atoms with Gasteiger partial charge in [-0.2, -0.15) is 0 Å². The van der Waals surface area contributed by atoms with E-state index >= 15 is 0 Å². The third-order valence-corrected chi connectivity index (χ3v) is 5.81. The second-order valence-corrected chi connectivity index (χ2v) is 9.51. The molecule has 2 amide bonds. The molecule has 12 nitrogen and oxygen atoms in total. The number of amides is 2. The number of nitrogens with one attached hydrogen (secondary N) is 2. The molecule has 0 aromatic heterocycles. The molecular weight excluding hydrogens is 472 g/mol. The van der Waals surface area contributed by atoms with Crippen molar-refractivity contribution in [2.45, 2.75) is 52.6 Å². The van der Waals surface area contributed by atoms with Gasteiger partial charge in [-0.05, 0) is 6.92 Å². The van der Waals surface area contributed by atoms with Gasteiger partial charge >= 0.3 is 12.1 Å². The molecule has 1 aliphatic rings. The third-order valence-electron chi connectivity index (χ3n) is 4.93. The summed E-state index contributed by atoms with van der Waals surface area (Å²) in [5.41, 5.74) is -0.713. The molecule has 1 aliphatic heterocycles. The summed E-state index contributed by atoms with van der Waals surface area (Å²) in [6.07, 6.45) is -3.09. The average molecular weight is 503 g/mol. The zero-order chi connectivity index (χ0) is 25.9. The van der Waals surface area contributed by atoms with Crippen LogP contribution in [0.15, 0.2) is 0 Å². The number of carboxylic acids is 1. The fourth-order valence-corrected chi connectivity index (χ4v) is 3.50. The summed E-state index contributed by atoms with van der Waals surface area (Å²) >= 11 is 0.832. The molecule has 0 spiro atoms. The van der Waals surface area contributed by atoms with Crippen LogP contribution in [0.1, 0.15) is 46.5 Å². The van der Waals surface area contributed by atoms with E-state index in [0.29, 0.717) is 0 Å². The first-order valence-corrected chi connectivity index (χ1v) is 11.6. The largest absolute Gasteiger partial charge is 0.509 e. The summed E-state index contributed by atoms with van der Waals surface area (Å²) in [5.74, 6) is -3.99. The Morgan fingerprint density at radius 3 is 2.38 bits per heavy atom. The number of aliphatic carboxylic acids is 1. The smallest absolute Gasteiger partial charge is 0.481 e. The first kappa shape index (κ1) is 29.1. The number of carboxylic acid groups (broad SMARTS) is 1. The summed E-state index contributed by atoms with van der Waals surface area (Å²) in [7, 11) is 0. The van der Waals surface area contributed by atoms with Crippen LogP contribution in [-0.4, -0.2) is 77.3 Å². The van der Waals surface area contributed by atoms with Crippen LogP contribution < -0.4 is 10.6 Å². The van der Waals surface area contributed by atoms with Crippen LogP contribution in [0.2, 0.25) is 0 Å². The van der Waals surface area contributed by atoms with Gasteiger partial charge in [-0.3, -0.25) is 28.8 Å². The molecule has 0 aromatic rings. The molecular formula is C21H30N2O10S. The second-order valence-electron chi connectivity index (χ2n) is 8.36. The van der Waals surface area contributed by atoms with Crippen LogP contribution in [0.25, 0.3) is 0 Å². The fraction of sp³-hybridized carbons (Fsp3) is 0.667. The Morgan fingerprint density at radius 1 is 1.06 bits per heavy atom. The minimum absolute atomic E-state index is 0.0179. The van der Waals surface area contributed by atoms with Gasteiger partial charge < -0.3 is 25.2 Å². The number of rotatable bonds is 14. The molecule has 1 saturated heterocycles. The van der Waals surface area contributed by atoms with Gasteiger partial charge in [0.1, 0.15) is 12.4 Å². The second kappa shape index (κ2) is 13.7. The number of ketones is 2. The molecule has 34 heavy (non-hydrogen) atoms. The summed E-state index contributed by atoms with van der Waals surface area (Å²) < 4.78 is 9.69. The van der Waals surface area contributed by atoms with Crippen molar-refractivity contribution in [1.29, 1.82) is 0 Å². The van der Waals surface area contributed by atoms with E-state index in [2.05, 4.69) is 10.6 Å². The van der Waals surface area contributed by atoms with Crippen molar-refractivity contribution in [2.24, 2.45) is 11.3 Å². The van der Waals surface area contributed by atoms with E-state index < -0.39 is 58.6 Å². The van der Waals surface area contributed by atoms with Crippen molar-refractivity contribution >= 4 is 52.4 Å². The highest BCUT2D eigenvalue weighted by molar-refractivity contribution is 8.13. The zero-order valence-electron chi connectivity index (χ0n) is 19.3. The highest BCUT2D eigenvalue weighted by Gasteiger charge is 2.43. The maximum absolute atomic E-state index is 12.2. The van der Waals surface area contributed by atoms with E-state index in [9.17, 15) is 33.6 Å². The molecule has 1 heterocycles. The zero-order valence-corrected chi connectivity index (χ0v) is 20.2. The Bertz CT molecular complexity index is 826. The van der Waals surface area contributed by atoms with Gasteiger partial charge in [0, 0.05) is 37.1 Å². The van der Waals surface area contributed by atoms with E-state index in [4.69, 9.17) is 14.6 Å². The van der Waals surface area contributed by atoms with Gasteiger partial charge in [-0.15, -0.1) is 0 Å². The summed E-state index contributed by atoms with van der Waals surface area (Å²) in [4.78, 5) is 81.5. The van der Waals surface area contributed by atoms with Crippen LogP contribution in [0.3, 0.4) is 0 Å². The van der Waals surface area contributed by atoms with Gasteiger partial charge in [0.25, 0.3) is 5.91 Å². The quantitative estimate of drug-likeness (QED) is 0.170. The lowest BCUT2D eigenvalue weighted by Gasteiger charge is -2.35. The van der Waals surface area contributed by atoms with Crippen molar-refractivity contribution in [3.8, 4) is 0 Å². The van der Waals surface area contributed by atoms with E-state index in [-0.39, 0.29) is 50.6 Å². The molecule has 13 heteroatoms. The van der Waals surface area contributed by atoms with Crippen LogP contribution in [0.4, 0.5) is 4.79 Å². The van der Waals surface area contributed by atoms with Crippen molar-refractivity contribution in [3.63, 3.8) is 0 Å². The molecule has 2 atom stereocenters.